The van der Waals surface area contributed by atoms with Crippen LogP contribution in [0, 0.1) is 6.92 Å². The van der Waals surface area contributed by atoms with Gasteiger partial charge in [-0.2, -0.15) is 0 Å². The zero-order valence-corrected chi connectivity index (χ0v) is 9.37. The number of carbonyl (C=O) groups excluding carboxylic acids is 1. The molecule has 0 aromatic carbocycles. The first-order valence-electron chi connectivity index (χ1n) is 5.03. The maximum Gasteiger partial charge on any atom is 0.211 e. The van der Waals surface area contributed by atoms with Gasteiger partial charge < -0.3 is 5.32 Å². The van der Waals surface area contributed by atoms with Gasteiger partial charge in [0.2, 0.25) is 6.41 Å². The van der Waals surface area contributed by atoms with E-state index in [1.807, 2.05) is 13.0 Å². The SMILES string of the molecule is CC/C=C(/C)c1cc(NC=O)cnc1C. The highest BCUT2D eigenvalue weighted by Gasteiger charge is 2.02. The Morgan fingerprint density at radius 1 is 1.60 bits per heavy atom. The van der Waals surface area contributed by atoms with E-state index in [-0.39, 0.29) is 0 Å². The predicted molar refractivity (Wildman–Crippen MR) is 62.6 cm³/mol. The Kier molecular flexibility index (Phi) is 4.03. The number of aryl methyl sites for hydroxylation is 1. The number of aromatic nitrogens is 1. The third kappa shape index (κ3) is 2.91. The molecule has 0 fully saturated rings. The highest BCUT2D eigenvalue weighted by atomic mass is 16.1. The van der Waals surface area contributed by atoms with Gasteiger partial charge in [0, 0.05) is 11.3 Å². The number of carbonyl (C=O) groups is 1. The van der Waals surface area contributed by atoms with Crippen LogP contribution in [-0.2, 0) is 4.79 Å². The van der Waals surface area contributed by atoms with E-state index in [4.69, 9.17) is 0 Å². The van der Waals surface area contributed by atoms with Crippen LogP contribution >= 0.6 is 0 Å². The van der Waals surface area contributed by atoms with Crippen molar-refractivity contribution in [3.63, 3.8) is 0 Å². The van der Waals surface area contributed by atoms with E-state index in [9.17, 15) is 4.79 Å². The smallest absolute Gasteiger partial charge is 0.211 e. The summed E-state index contributed by atoms with van der Waals surface area (Å²) >= 11 is 0. The van der Waals surface area contributed by atoms with Gasteiger partial charge in [-0.05, 0) is 31.9 Å². The zero-order chi connectivity index (χ0) is 11.3. The Morgan fingerprint density at radius 2 is 2.33 bits per heavy atom. The molecule has 1 N–H and O–H groups in total. The quantitative estimate of drug-likeness (QED) is 0.766. The molecule has 3 heteroatoms. The number of allylic oxidation sites excluding steroid dienone is 2. The molecule has 0 unspecified atom stereocenters. The number of rotatable bonds is 4. The van der Waals surface area contributed by atoms with E-state index in [1.165, 1.54) is 5.57 Å². The van der Waals surface area contributed by atoms with E-state index in [0.717, 1.165) is 23.4 Å². The van der Waals surface area contributed by atoms with Crippen LogP contribution in [-0.4, -0.2) is 11.4 Å². The molecule has 0 radical (unpaired) electrons. The normalized spacial score (nSPS) is 11.3. The van der Waals surface area contributed by atoms with Crippen molar-refractivity contribution in [2.24, 2.45) is 0 Å². The predicted octanol–water partition coefficient (Wildman–Crippen LogP) is 2.77. The maximum atomic E-state index is 10.3. The Morgan fingerprint density at radius 3 is 2.93 bits per heavy atom. The van der Waals surface area contributed by atoms with E-state index in [2.05, 4.69) is 30.2 Å². The first kappa shape index (κ1) is 11.4. The molecular weight excluding hydrogens is 188 g/mol. The lowest BCUT2D eigenvalue weighted by Crippen LogP contribution is -1.98. The summed E-state index contributed by atoms with van der Waals surface area (Å²) < 4.78 is 0. The fraction of sp³-hybridized carbons (Fsp3) is 0.333. The van der Waals surface area contributed by atoms with Crippen molar-refractivity contribution in [2.75, 3.05) is 5.32 Å². The minimum atomic E-state index is 0.662. The molecule has 0 aliphatic heterocycles. The monoisotopic (exact) mass is 204 g/mol. The van der Waals surface area contributed by atoms with Crippen molar-refractivity contribution < 1.29 is 4.79 Å². The first-order valence-corrected chi connectivity index (χ1v) is 5.03. The topological polar surface area (TPSA) is 42.0 Å². The van der Waals surface area contributed by atoms with Crippen LogP contribution in [0.2, 0.25) is 0 Å². The fourth-order valence-corrected chi connectivity index (χ4v) is 1.50. The number of nitrogens with zero attached hydrogens (tertiary/aromatic N) is 1. The summed E-state index contributed by atoms with van der Waals surface area (Å²) in [6, 6.07) is 1.94. The van der Waals surface area contributed by atoms with E-state index >= 15 is 0 Å². The average Bonchev–Trinajstić information content (AvgIpc) is 2.21. The van der Waals surface area contributed by atoms with Crippen molar-refractivity contribution in [2.45, 2.75) is 27.2 Å². The van der Waals surface area contributed by atoms with Gasteiger partial charge in [0.15, 0.2) is 0 Å². The lowest BCUT2D eigenvalue weighted by Gasteiger charge is -2.07. The van der Waals surface area contributed by atoms with E-state index < -0.39 is 0 Å². The van der Waals surface area contributed by atoms with Crippen LogP contribution in [0.4, 0.5) is 5.69 Å². The lowest BCUT2D eigenvalue weighted by atomic mass is 10.0. The van der Waals surface area contributed by atoms with Crippen LogP contribution in [0.1, 0.15) is 31.5 Å². The van der Waals surface area contributed by atoms with Crippen molar-refractivity contribution in [3.8, 4) is 0 Å². The molecule has 0 bridgehead atoms. The Hall–Kier alpha value is -1.64. The first-order chi connectivity index (χ1) is 7.19. The van der Waals surface area contributed by atoms with Crippen molar-refractivity contribution in [1.82, 2.24) is 4.98 Å². The number of amides is 1. The molecule has 3 nitrogen and oxygen atoms in total. The van der Waals surface area contributed by atoms with Crippen LogP contribution in [0.5, 0.6) is 0 Å². The molecule has 1 heterocycles. The van der Waals surface area contributed by atoms with Crippen molar-refractivity contribution in [3.05, 3.63) is 29.6 Å². The maximum absolute atomic E-state index is 10.3. The van der Waals surface area contributed by atoms with E-state index in [1.54, 1.807) is 6.20 Å². The summed E-state index contributed by atoms with van der Waals surface area (Å²) in [5, 5.41) is 2.60. The average molecular weight is 204 g/mol. The summed E-state index contributed by atoms with van der Waals surface area (Å²) in [5.74, 6) is 0. The van der Waals surface area contributed by atoms with Crippen LogP contribution in [0.15, 0.2) is 18.3 Å². The molecule has 1 aromatic heterocycles. The van der Waals surface area contributed by atoms with Crippen LogP contribution in [0.25, 0.3) is 5.57 Å². The molecule has 0 atom stereocenters. The molecule has 80 valence electrons. The Labute approximate surface area is 90.2 Å². The molecular formula is C12H16N2O. The Balaban J connectivity index is 3.10. The molecule has 0 spiro atoms. The molecule has 15 heavy (non-hydrogen) atoms. The second-order valence-corrected chi connectivity index (χ2v) is 3.41. The van der Waals surface area contributed by atoms with Crippen LogP contribution in [0.3, 0.4) is 0 Å². The largest absolute Gasteiger partial charge is 0.327 e. The van der Waals surface area contributed by atoms with Gasteiger partial charge in [-0.1, -0.05) is 13.0 Å². The zero-order valence-electron chi connectivity index (χ0n) is 9.37. The highest BCUT2D eigenvalue weighted by Crippen LogP contribution is 2.20. The highest BCUT2D eigenvalue weighted by molar-refractivity contribution is 5.75. The second-order valence-electron chi connectivity index (χ2n) is 3.41. The summed E-state index contributed by atoms with van der Waals surface area (Å²) in [5.41, 5.74) is 3.99. The second kappa shape index (κ2) is 5.29. The Bertz CT molecular complexity index is 383. The lowest BCUT2D eigenvalue weighted by molar-refractivity contribution is -0.105. The molecule has 1 amide bonds. The van der Waals surface area contributed by atoms with Gasteiger partial charge in [0.05, 0.1) is 11.9 Å². The number of pyridine rings is 1. The van der Waals surface area contributed by atoms with Crippen molar-refractivity contribution in [1.29, 1.82) is 0 Å². The minimum absolute atomic E-state index is 0.662. The molecule has 0 saturated heterocycles. The number of nitrogens with one attached hydrogen (secondary N) is 1. The van der Waals surface area contributed by atoms with Gasteiger partial charge >= 0.3 is 0 Å². The van der Waals surface area contributed by atoms with Crippen molar-refractivity contribution >= 4 is 17.7 Å². The summed E-state index contributed by atoms with van der Waals surface area (Å²) in [6.07, 6.45) is 5.47. The molecule has 1 aromatic rings. The third-order valence-corrected chi connectivity index (χ3v) is 2.25. The summed E-state index contributed by atoms with van der Waals surface area (Å²) in [7, 11) is 0. The van der Waals surface area contributed by atoms with Gasteiger partial charge in [0.1, 0.15) is 0 Å². The van der Waals surface area contributed by atoms with Gasteiger partial charge in [-0.15, -0.1) is 0 Å². The van der Waals surface area contributed by atoms with Gasteiger partial charge in [-0.25, -0.2) is 0 Å². The standard InChI is InChI=1S/C12H16N2O/c1-4-5-9(2)12-6-11(14-8-15)7-13-10(12)3/h5-8H,4H2,1-3H3,(H,14,15)/b9-5-. The fourth-order valence-electron chi connectivity index (χ4n) is 1.50. The third-order valence-electron chi connectivity index (χ3n) is 2.25. The molecule has 0 saturated carbocycles. The number of anilines is 1. The molecule has 0 aliphatic rings. The molecule has 1 rings (SSSR count). The van der Waals surface area contributed by atoms with E-state index in [0.29, 0.717) is 6.41 Å². The minimum Gasteiger partial charge on any atom is -0.327 e. The van der Waals surface area contributed by atoms with Gasteiger partial charge in [-0.3, -0.25) is 9.78 Å². The van der Waals surface area contributed by atoms with Crippen LogP contribution < -0.4 is 5.32 Å². The number of hydrogen-bond donors (Lipinski definition) is 1. The summed E-state index contributed by atoms with van der Waals surface area (Å²) in [4.78, 5) is 14.6. The number of hydrogen-bond acceptors (Lipinski definition) is 2. The van der Waals surface area contributed by atoms with Gasteiger partial charge in [0.25, 0.3) is 0 Å². The summed E-state index contributed by atoms with van der Waals surface area (Å²) in [6.45, 7) is 6.12. The molecule has 0 aliphatic carbocycles.